The standard InChI is InChI=1S/C20H25NO3SSi/c1-20(22,15-26(2,3)4)18-14-21(19-13-9-8-12-17(18)19)25(23,24)16-10-6-5-7-11-16/h5-14,22H,15H2,1-4H3. The first-order valence-electron chi connectivity index (χ1n) is 8.66. The summed E-state index contributed by atoms with van der Waals surface area (Å²) in [5.74, 6) is 0. The normalized spacial score (nSPS) is 15.1. The molecule has 0 fully saturated rings. The Morgan fingerprint density at radius 3 is 2.19 bits per heavy atom. The van der Waals surface area contributed by atoms with Crippen molar-refractivity contribution in [2.45, 2.75) is 43.1 Å². The topological polar surface area (TPSA) is 59.3 Å². The Hall–Kier alpha value is -1.89. The van der Waals surface area contributed by atoms with E-state index in [0.29, 0.717) is 17.1 Å². The van der Waals surface area contributed by atoms with Crippen LogP contribution in [0.1, 0.15) is 12.5 Å². The maximum Gasteiger partial charge on any atom is 0.268 e. The molecule has 6 heteroatoms. The van der Waals surface area contributed by atoms with Crippen LogP contribution in [0.4, 0.5) is 0 Å². The first-order valence-corrected chi connectivity index (χ1v) is 13.8. The van der Waals surface area contributed by atoms with Crippen LogP contribution in [0.3, 0.4) is 0 Å². The Bertz CT molecular complexity index is 1030. The lowest BCUT2D eigenvalue weighted by molar-refractivity contribution is 0.0785. The van der Waals surface area contributed by atoms with Crippen LogP contribution in [-0.4, -0.2) is 25.6 Å². The van der Waals surface area contributed by atoms with Gasteiger partial charge in [-0.2, -0.15) is 0 Å². The maximum atomic E-state index is 13.2. The second-order valence-corrected chi connectivity index (χ2v) is 15.5. The monoisotopic (exact) mass is 387 g/mol. The molecule has 138 valence electrons. The van der Waals surface area contributed by atoms with Gasteiger partial charge in [0.1, 0.15) is 0 Å². The van der Waals surface area contributed by atoms with Crippen LogP contribution in [0.5, 0.6) is 0 Å². The third-order valence-corrected chi connectivity index (χ3v) is 7.87. The first-order chi connectivity index (χ1) is 12.0. The van der Waals surface area contributed by atoms with E-state index < -0.39 is 23.7 Å². The highest BCUT2D eigenvalue weighted by molar-refractivity contribution is 7.90. The molecule has 0 aliphatic heterocycles. The summed E-state index contributed by atoms with van der Waals surface area (Å²) in [5, 5.41) is 12.0. The van der Waals surface area contributed by atoms with Gasteiger partial charge in [-0.05, 0) is 31.2 Å². The van der Waals surface area contributed by atoms with E-state index in [1.165, 1.54) is 3.97 Å². The summed E-state index contributed by atoms with van der Waals surface area (Å²) in [4.78, 5) is 0.233. The summed E-state index contributed by atoms with van der Waals surface area (Å²) in [7, 11) is -5.30. The molecule has 1 atom stereocenters. The number of nitrogens with zero attached hydrogens (tertiary/aromatic N) is 1. The molecule has 26 heavy (non-hydrogen) atoms. The molecule has 0 spiro atoms. The van der Waals surface area contributed by atoms with Gasteiger partial charge in [-0.25, -0.2) is 12.4 Å². The fraction of sp³-hybridized carbons (Fsp3) is 0.300. The lowest BCUT2D eigenvalue weighted by Crippen LogP contribution is -2.33. The van der Waals surface area contributed by atoms with Crippen LogP contribution in [0, 0.1) is 0 Å². The molecule has 0 aliphatic rings. The SMILES string of the molecule is CC(O)(C[Si](C)(C)C)c1cn(S(=O)(=O)c2ccccc2)c2ccccc12. The van der Waals surface area contributed by atoms with Crippen molar-refractivity contribution in [1.82, 2.24) is 3.97 Å². The van der Waals surface area contributed by atoms with Gasteiger partial charge in [0.25, 0.3) is 10.0 Å². The van der Waals surface area contributed by atoms with E-state index in [4.69, 9.17) is 0 Å². The van der Waals surface area contributed by atoms with Gasteiger partial charge in [0, 0.05) is 25.2 Å². The molecule has 3 aromatic rings. The number of hydrogen-bond acceptors (Lipinski definition) is 3. The highest BCUT2D eigenvalue weighted by Gasteiger charge is 2.34. The summed E-state index contributed by atoms with van der Waals surface area (Å²) in [6.07, 6.45) is 1.59. The molecule has 3 rings (SSSR count). The zero-order chi connectivity index (χ0) is 19.2. The minimum Gasteiger partial charge on any atom is -0.386 e. The molecule has 0 saturated heterocycles. The molecule has 0 aliphatic carbocycles. The van der Waals surface area contributed by atoms with E-state index in [1.807, 2.05) is 18.2 Å². The summed E-state index contributed by atoms with van der Waals surface area (Å²) < 4.78 is 27.6. The van der Waals surface area contributed by atoms with Crippen molar-refractivity contribution in [3.8, 4) is 0 Å². The molecule has 4 nitrogen and oxygen atoms in total. The van der Waals surface area contributed by atoms with Gasteiger partial charge in [0.05, 0.1) is 16.0 Å². The molecule has 0 amide bonds. The highest BCUT2D eigenvalue weighted by Crippen LogP contribution is 2.37. The average molecular weight is 388 g/mol. The van der Waals surface area contributed by atoms with Gasteiger partial charge in [-0.3, -0.25) is 0 Å². The van der Waals surface area contributed by atoms with Crippen molar-refractivity contribution in [2.24, 2.45) is 0 Å². The van der Waals surface area contributed by atoms with E-state index in [1.54, 1.807) is 49.5 Å². The second kappa shape index (κ2) is 6.37. The Balaban J connectivity index is 2.24. The third kappa shape index (κ3) is 3.49. The van der Waals surface area contributed by atoms with Crippen LogP contribution in [0.25, 0.3) is 10.9 Å². The summed E-state index contributed by atoms with van der Waals surface area (Å²) in [6.45, 7) is 8.37. The van der Waals surface area contributed by atoms with Crippen LogP contribution in [0.2, 0.25) is 25.7 Å². The van der Waals surface area contributed by atoms with E-state index in [-0.39, 0.29) is 4.90 Å². The number of benzene rings is 2. The third-order valence-electron chi connectivity index (χ3n) is 4.43. The van der Waals surface area contributed by atoms with Crippen molar-refractivity contribution in [1.29, 1.82) is 0 Å². The van der Waals surface area contributed by atoms with Crippen molar-refractivity contribution < 1.29 is 13.5 Å². The van der Waals surface area contributed by atoms with Crippen LogP contribution < -0.4 is 0 Å². The van der Waals surface area contributed by atoms with Crippen molar-refractivity contribution in [2.75, 3.05) is 0 Å². The first kappa shape index (κ1) is 18.9. The van der Waals surface area contributed by atoms with Gasteiger partial charge in [0.2, 0.25) is 0 Å². The Labute approximate surface area is 156 Å². The Kier molecular flexibility index (Phi) is 4.63. The molecule has 2 aromatic carbocycles. The summed E-state index contributed by atoms with van der Waals surface area (Å²) in [5.41, 5.74) is 0.166. The highest BCUT2D eigenvalue weighted by atomic mass is 32.2. The van der Waals surface area contributed by atoms with E-state index in [9.17, 15) is 13.5 Å². The Morgan fingerprint density at radius 1 is 1.00 bits per heavy atom. The fourth-order valence-electron chi connectivity index (χ4n) is 3.61. The summed E-state index contributed by atoms with van der Waals surface area (Å²) in [6, 6.07) is 16.4. The average Bonchev–Trinajstić information content (AvgIpc) is 2.95. The van der Waals surface area contributed by atoms with Crippen LogP contribution in [-0.2, 0) is 15.6 Å². The Morgan fingerprint density at radius 2 is 1.58 bits per heavy atom. The molecule has 0 bridgehead atoms. The number of para-hydroxylation sites is 1. The zero-order valence-corrected chi connectivity index (χ0v) is 17.4. The maximum absolute atomic E-state index is 13.2. The fourth-order valence-corrected chi connectivity index (χ4v) is 7.26. The molecule has 1 heterocycles. The molecule has 0 saturated carbocycles. The second-order valence-electron chi connectivity index (χ2n) is 8.19. The van der Waals surface area contributed by atoms with Crippen molar-refractivity contribution in [3.05, 3.63) is 66.4 Å². The molecule has 0 radical (unpaired) electrons. The lowest BCUT2D eigenvalue weighted by atomic mass is 9.98. The number of hydrogen-bond donors (Lipinski definition) is 1. The van der Waals surface area contributed by atoms with Crippen LogP contribution >= 0.6 is 0 Å². The number of aromatic nitrogens is 1. The van der Waals surface area contributed by atoms with Crippen molar-refractivity contribution >= 4 is 29.0 Å². The number of fused-ring (bicyclic) bond motifs is 1. The minimum absolute atomic E-state index is 0.233. The number of aliphatic hydroxyl groups is 1. The smallest absolute Gasteiger partial charge is 0.268 e. The van der Waals surface area contributed by atoms with E-state index >= 15 is 0 Å². The van der Waals surface area contributed by atoms with Gasteiger partial charge < -0.3 is 5.11 Å². The number of rotatable bonds is 5. The van der Waals surface area contributed by atoms with Gasteiger partial charge >= 0.3 is 0 Å². The molecular weight excluding hydrogens is 362 g/mol. The zero-order valence-electron chi connectivity index (χ0n) is 15.6. The van der Waals surface area contributed by atoms with Gasteiger partial charge in [0.15, 0.2) is 0 Å². The molecule has 1 aromatic heterocycles. The lowest BCUT2D eigenvalue weighted by Gasteiger charge is -2.29. The predicted octanol–water partition coefficient (Wildman–Crippen LogP) is 4.42. The molecule has 1 N–H and O–H groups in total. The van der Waals surface area contributed by atoms with Gasteiger partial charge in [-0.15, -0.1) is 0 Å². The minimum atomic E-state index is -3.73. The molecular formula is C20H25NO3SSi. The van der Waals surface area contributed by atoms with E-state index in [2.05, 4.69) is 19.6 Å². The van der Waals surface area contributed by atoms with Crippen molar-refractivity contribution in [3.63, 3.8) is 0 Å². The predicted molar refractivity (Wildman–Crippen MR) is 109 cm³/mol. The molecule has 1 unspecified atom stereocenters. The van der Waals surface area contributed by atoms with Crippen LogP contribution in [0.15, 0.2) is 65.7 Å². The quantitative estimate of drug-likeness (QED) is 0.659. The van der Waals surface area contributed by atoms with E-state index in [0.717, 1.165) is 5.39 Å². The van der Waals surface area contributed by atoms with Gasteiger partial charge in [-0.1, -0.05) is 56.0 Å². The largest absolute Gasteiger partial charge is 0.386 e. The summed E-state index contributed by atoms with van der Waals surface area (Å²) >= 11 is 0.